The summed E-state index contributed by atoms with van der Waals surface area (Å²) >= 11 is 1.59. The Kier molecular flexibility index (Phi) is 6.03. The largest absolute Gasteiger partial charge is 0.495 e. The van der Waals surface area contributed by atoms with Gasteiger partial charge in [0.1, 0.15) is 11.8 Å². The average Bonchev–Trinajstić information content (AvgIpc) is 3.19. The van der Waals surface area contributed by atoms with Crippen LogP contribution in [0.15, 0.2) is 72.8 Å². The van der Waals surface area contributed by atoms with Crippen molar-refractivity contribution in [2.75, 3.05) is 24.4 Å². The van der Waals surface area contributed by atoms with Gasteiger partial charge in [-0.05, 0) is 52.8 Å². The van der Waals surface area contributed by atoms with Gasteiger partial charge >= 0.3 is 0 Å². The Bertz CT molecular complexity index is 1290. The Labute approximate surface area is 220 Å². The van der Waals surface area contributed by atoms with Crippen molar-refractivity contribution in [1.29, 1.82) is 0 Å². The van der Waals surface area contributed by atoms with Gasteiger partial charge in [-0.3, -0.25) is 19.3 Å². The number of hydrogen-bond acceptors (Lipinski definition) is 5. The van der Waals surface area contributed by atoms with E-state index in [9.17, 15) is 14.4 Å². The number of benzene rings is 3. The van der Waals surface area contributed by atoms with Crippen molar-refractivity contribution in [2.45, 2.75) is 24.3 Å². The third kappa shape index (κ3) is 3.59. The van der Waals surface area contributed by atoms with Crippen molar-refractivity contribution in [3.05, 3.63) is 95.1 Å². The van der Waals surface area contributed by atoms with Crippen LogP contribution in [0.2, 0.25) is 0 Å². The Hall–Kier alpha value is -3.58. The summed E-state index contributed by atoms with van der Waals surface area (Å²) in [5, 5.41) is 2.92. The Balaban J connectivity index is 1.40. The topological polar surface area (TPSA) is 75.7 Å². The second kappa shape index (κ2) is 9.38. The van der Waals surface area contributed by atoms with Crippen molar-refractivity contribution in [3.8, 4) is 5.75 Å². The number of carbonyl (C=O) groups is 3. The van der Waals surface area contributed by atoms with Crippen molar-refractivity contribution < 1.29 is 19.1 Å². The molecular weight excluding hydrogens is 484 g/mol. The molecule has 3 aliphatic carbocycles. The summed E-state index contributed by atoms with van der Waals surface area (Å²) in [6.07, 6.45) is 2.34. The molecule has 3 amide bonds. The summed E-state index contributed by atoms with van der Waals surface area (Å²) in [5.41, 5.74) is 4.99. The lowest BCUT2D eigenvalue weighted by Gasteiger charge is -2.45. The number of nitrogens with one attached hydrogen (secondary N) is 1. The maximum atomic E-state index is 14.1. The molecule has 3 aromatic carbocycles. The molecule has 37 heavy (non-hydrogen) atoms. The Morgan fingerprint density at radius 3 is 1.84 bits per heavy atom. The average molecular weight is 513 g/mol. The van der Waals surface area contributed by atoms with Crippen LogP contribution in [0.25, 0.3) is 0 Å². The van der Waals surface area contributed by atoms with Crippen molar-refractivity contribution in [3.63, 3.8) is 0 Å². The normalized spacial score (nSPS) is 23.8. The highest BCUT2D eigenvalue weighted by Gasteiger charge is 2.62. The van der Waals surface area contributed by atoms with E-state index in [1.54, 1.807) is 31.0 Å². The van der Waals surface area contributed by atoms with Crippen LogP contribution in [0.1, 0.15) is 40.5 Å². The molecule has 0 spiro atoms. The highest BCUT2D eigenvalue weighted by Crippen LogP contribution is 2.61. The molecule has 0 aromatic heterocycles. The number of nitrogens with zero attached hydrogens (tertiary/aromatic N) is 1. The fraction of sp³-hybridized carbons (Fsp3) is 0.300. The number of thioether (sulfide) groups is 1. The van der Waals surface area contributed by atoms with E-state index >= 15 is 0 Å². The van der Waals surface area contributed by atoms with Gasteiger partial charge in [-0.25, -0.2) is 0 Å². The number of hydrogen-bond donors (Lipinski definition) is 1. The van der Waals surface area contributed by atoms with Crippen LogP contribution >= 0.6 is 11.8 Å². The minimum absolute atomic E-state index is 0.192. The first-order valence-electron chi connectivity index (χ1n) is 12.5. The SMILES string of the molecule is COc1ccccc1NC(=O)[C@H](CCSC)N1C(=O)[C@@H]2C3c4ccccc4C(c4ccccc43)[C@@H]2C1=O. The van der Waals surface area contributed by atoms with Gasteiger partial charge in [0, 0.05) is 11.8 Å². The molecule has 0 saturated carbocycles. The Morgan fingerprint density at radius 2 is 1.35 bits per heavy atom. The summed E-state index contributed by atoms with van der Waals surface area (Å²) in [4.78, 5) is 43.2. The summed E-state index contributed by atoms with van der Waals surface area (Å²) in [7, 11) is 1.54. The molecule has 2 bridgehead atoms. The number of carbonyl (C=O) groups excluding carboxylic acids is 3. The number of likely N-dealkylation sites (tertiary alicyclic amines) is 1. The number of amides is 3. The second-order valence-corrected chi connectivity index (χ2v) is 10.8. The first kappa shape index (κ1) is 23.8. The van der Waals surface area contributed by atoms with Crippen LogP contribution < -0.4 is 10.1 Å². The number of rotatable bonds is 7. The van der Waals surface area contributed by atoms with Crippen LogP contribution in [-0.2, 0) is 14.4 Å². The molecular formula is C30H28N2O4S. The summed E-state index contributed by atoms with van der Waals surface area (Å²) < 4.78 is 5.39. The zero-order valence-corrected chi connectivity index (χ0v) is 21.5. The molecule has 3 atom stereocenters. The van der Waals surface area contributed by atoms with Gasteiger partial charge in [-0.15, -0.1) is 0 Å². The maximum absolute atomic E-state index is 14.1. The lowest BCUT2D eigenvalue weighted by molar-refractivity contribution is -0.146. The van der Waals surface area contributed by atoms with Crippen LogP contribution in [0.4, 0.5) is 5.69 Å². The van der Waals surface area contributed by atoms with E-state index in [4.69, 9.17) is 4.74 Å². The van der Waals surface area contributed by atoms with E-state index in [1.165, 1.54) is 4.90 Å². The third-order valence-electron chi connectivity index (χ3n) is 8.06. The van der Waals surface area contributed by atoms with Gasteiger partial charge in [0.2, 0.25) is 17.7 Å². The van der Waals surface area contributed by atoms with Gasteiger partial charge < -0.3 is 10.1 Å². The molecule has 188 valence electrons. The molecule has 0 radical (unpaired) electrons. The van der Waals surface area contributed by atoms with E-state index in [2.05, 4.69) is 29.6 Å². The van der Waals surface area contributed by atoms with Crippen LogP contribution in [0, 0.1) is 11.8 Å². The van der Waals surface area contributed by atoms with Gasteiger partial charge in [0.05, 0.1) is 24.6 Å². The van der Waals surface area contributed by atoms with Crippen molar-refractivity contribution >= 4 is 35.2 Å². The van der Waals surface area contributed by atoms with E-state index in [1.807, 2.05) is 42.7 Å². The first-order valence-corrected chi connectivity index (χ1v) is 13.9. The summed E-state index contributed by atoms with van der Waals surface area (Å²) in [6, 6.07) is 22.6. The minimum atomic E-state index is -0.895. The maximum Gasteiger partial charge on any atom is 0.247 e. The van der Waals surface area contributed by atoms with E-state index in [-0.39, 0.29) is 29.6 Å². The quantitative estimate of drug-likeness (QED) is 0.467. The number of ether oxygens (including phenoxy) is 1. The van der Waals surface area contributed by atoms with Crippen LogP contribution in [-0.4, -0.2) is 47.8 Å². The lowest BCUT2D eigenvalue weighted by Crippen LogP contribution is -2.48. The van der Waals surface area contributed by atoms with Gasteiger partial charge in [0.25, 0.3) is 0 Å². The number of para-hydroxylation sites is 2. The summed E-state index contributed by atoms with van der Waals surface area (Å²) in [5.74, 6) is -1.08. The molecule has 7 rings (SSSR count). The van der Waals surface area contributed by atoms with Gasteiger partial charge in [-0.2, -0.15) is 11.8 Å². The lowest BCUT2D eigenvalue weighted by atomic mass is 9.55. The Morgan fingerprint density at radius 1 is 0.865 bits per heavy atom. The fourth-order valence-corrected chi connectivity index (χ4v) is 7.04. The number of anilines is 1. The fourth-order valence-electron chi connectivity index (χ4n) is 6.58. The highest BCUT2D eigenvalue weighted by atomic mass is 32.2. The molecule has 1 saturated heterocycles. The van der Waals surface area contributed by atoms with Crippen LogP contribution in [0.3, 0.4) is 0 Å². The van der Waals surface area contributed by atoms with Crippen LogP contribution in [0.5, 0.6) is 5.75 Å². The van der Waals surface area contributed by atoms with Crippen molar-refractivity contribution in [2.24, 2.45) is 11.8 Å². The number of methoxy groups -OCH3 is 1. The number of imide groups is 1. The van der Waals surface area contributed by atoms with Gasteiger partial charge in [0.15, 0.2) is 0 Å². The van der Waals surface area contributed by atoms with E-state index < -0.39 is 17.9 Å². The monoisotopic (exact) mass is 512 g/mol. The smallest absolute Gasteiger partial charge is 0.247 e. The molecule has 7 heteroatoms. The molecule has 3 aromatic rings. The summed E-state index contributed by atoms with van der Waals surface area (Å²) in [6.45, 7) is 0. The minimum Gasteiger partial charge on any atom is -0.495 e. The standard InChI is InChI=1S/C30H28N2O4S/c1-36-23-14-8-7-13-21(23)31-28(33)22(15-16-37-2)32-29(34)26-24-17-9-3-4-10-18(17)25(27(26)30(32)35)20-12-6-5-11-19(20)24/h3-14,22,24-27H,15-16H2,1-2H3,(H,31,33)/t22-,24?,25?,26-,27+/m0/s1. The molecule has 1 N–H and O–H groups in total. The predicted molar refractivity (Wildman–Crippen MR) is 144 cm³/mol. The molecule has 0 unspecified atom stereocenters. The molecule has 1 aliphatic heterocycles. The first-order chi connectivity index (χ1) is 18.1. The molecule has 4 aliphatic rings. The third-order valence-corrected chi connectivity index (χ3v) is 8.70. The highest BCUT2D eigenvalue weighted by molar-refractivity contribution is 7.98. The van der Waals surface area contributed by atoms with Gasteiger partial charge in [-0.1, -0.05) is 60.7 Å². The van der Waals surface area contributed by atoms with E-state index in [0.29, 0.717) is 23.6 Å². The predicted octanol–water partition coefficient (Wildman–Crippen LogP) is 4.65. The van der Waals surface area contributed by atoms with E-state index in [0.717, 1.165) is 22.3 Å². The molecule has 1 fully saturated rings. The van der Waals surface area contributed by atoms with Crippen molar-refractivity contribution in [1.82, 2.24) is 4.90 Å². The molecule has 1 heterocycles. The molecule has 6 nitrogen and oxygen atoms in total. The second-order valence-electron chi connectivity index (χ2n) is 9.80. The zero-order valence-electron chi connectivity index (χ0n) is 20.7. The zero-order chi connectivity index (χ0) is 25.7.